The van der Waals surface area contributed by atoms with Crippen molar-refractivity contribution in [2.45, 2.75) is 19.4 Å². The van der Waals surface area contributed by atoms with Gasteiger partial charge in [-0.2, -0.15) is 0 Å². The Hall–Kier alpha value is -1.35. The van der Waals surface area contributed by atoms with Crippen molar-refractivity contribution in [3.63, 3.8) is 0 Å². The molecule has 0 fully saturated rings. The highest BCUT2D eigenvalue weighted by molar-refractivity contribution is 6.00. The Morgan fingerprint density at radius 3 is 2.27 bits per heavy atom. The van der Waals surface area contributed by atoms with E-state index in [-0.39, 0.29) is 11.8 Å². The fourth-order valence-corrected chi connectivity index (χ4v) is 1.62. The number of nitrogens with zero attached hydrogens (tertiary/aromatic N) is 1. The lowest BCUT2D eigenvalue weighted by Crippen LogP contribution is -2.35. The molecule has 0 amide bonds. The zero-order valence-corrected chi connectivity index (χ0v) is 9.53. The monoisotopic (exact) mass is 206 g/mol. The number of nitrogens with two attached hydrogens (primary N) is 1. The molecule has 0 radical (unpaired) electrons. The van der Waals surface area contributed by atoms with Crippen LogP contribution < -0.4 is 5.73 Å². The van der Waals surface area contributed by atoms with Gasteiger partial charge < -0.3 is 5.73 Å². The Kier molecular flexibility index (Phi) is 3.86. The summed E-state index contributed by atoms with van der Waals surface area (Å²) in [5, 5.41) is 0. The van der Waals surface area contributed by atoms with Crippen molar-refractivity contribution in [1.82, 2.24) is 4.90 Å². The van der Waals surface area contributed by atoms with Gasteiger partial charge in [-0.3, -0.25) is 9.69 Å². The summed E-state index contributed by atoms with van der Waals surface area (Å²) in [5.74, 6) is 0.155. The van der Waals surface area contributed by atoms with E-state index in [2.05, 4.69) is 0 Å². The van der Waals surface area contributed by atoms with Gasteiger partial charge >= 0.3 is 0 Å². The molecule has 1 aromatic rings. The third kappa shape index (κ3) is 2.80. The molecule has 1 unspecified atom stereocenters. The minimum atomic E-state index is -0.0476. The molecule has 3 heteroatoms. The molecule has 0 saturated carbocycles. The first-order valence-corrected chi connectivity index (χ1v) is 5.12. The molecule has 0 aliphatic heterocycles. The number of anilines is 1. The summed E-state index contributed by atoms with van der Waals surface area (Å²) in [6.45, 7) is 2.01. The van der Waals surface area contributed by atoms with Crippen molar-refractivity contribution >= 4 is 11.5 Å². The predicted octanol–water partition coefficient (Wildman–Crippen LogP) is 1.79. The Morgan fingerprint density at radius 2 is 1.87 bits per heavy atom. The normalized spacial score (nSPS) is 12.8. The Labute approximate surface area is 90.9 Å². The molecular weight excluding hydrogens is 188 g/mol. The van der Waals surface area contributed by atoms with Crippen molar-refractivity contribution in [3.8, 4) is 0 Å². The second-order valence-electron chi connectivity index (χ2n) is 3.87. The Bertz CT molecular complexity index is 330. The highest BCUT2D eigenvalue weighted by atomic mass is 16.1. The molecule has 3 nitrogen and oxygen atoms in total. The van der Waals surface area contributed by atoms with Gasteiger partial charge in [0.2, 0.25) is 0 Å². The molecule has 1 atom stereocenters. The summed E-state index contributed by atoms with van der Waals surface area (Å²) >= 11 is 0. The third-order valence-corrected chi connectivity index (χ3v) is 2.51. The van der Waals surface area contributed by atoms with Crippen LogP contribution in [0.15, 0.2) is 24.3 Å². The molecule has 1 rings (SSSR count). The number of hydrogen-bond donors (Lipinski definition) is 1. The summed E-state index contributed by atoms with van der Waals surface area (Å²) in [5.41, 5.74) is 6.98. The Morgan fingerprint density at radius 1 is 1.33 bits per heavy atom. The van der Waals surface area contributed by atoms with Crippen LogP contribution in [0, 0.1) is 0 Å². The van der Waals surface area contributed by atoms with E-state index in [0.29, 0.717) is 5.69 Å². The van der Waals surface area contributed by atoms with Crippen LogP contribution in [0.3, 0.4) is 0 Å². The zero-order valence-electron chi connectivity index (χ0n) is 9.53. The van der Waals surface area contributed by atoms with Crippen LogP contribution in [-0.4, -0.2) is 30.8 Å². The summed E-state index contributed by atoms with van der Waals surface area (Å²) < 4.78 is 0. The maximum absolute atomic E-state index is 12.0. The number of benzene rings is 1. The first-order valence-electron chi connectivity index (χ1n) is 5.12. The van der Waals surface area contributed by atoms with Gasteiger partial charge in [0, 0.05) is 11.3 Å². The first kappa shape index (κ1) is 11.7. The molecule has 0 heterocycles. The van der Waals surface area contributed by atoms with E-state index in [0.717, 1.165) is 12.0 Å². The van der Waals surface area contributed by atoms with Crippen molar-refractivity contribution < 1.29 is 4.79 Å². The number of likely N-dealkylation sites (N-methyl/N-ethyl adjacent to an activating group) is 1. The molecule has 0 saturated heterocycles. The van der Waals surface area contributed by atoms with Gasteiger partial charge in [-0.25, -0.2) is 0 Å². The van der Waals surface area contributed by atoms with Gasteiger partial charge in [0.05, 0.1) is 6.04 Å². The zero-order chi connectivity index (χ0) is 11.4. The summed E-state index contributed by atoms with van der Waals surface area (Å²) in [6, 6.07) is 7.03. The van der Waals surface area contributed by atoms with Crippen molar-refractivity contribution in [2.75, 3.05) is 19.8 Å². The topological polar surface area (TPSA) is 46.3 Å². The van der Waals surface area contributed by atoms with Gasteiger partial charge in [0.25, 0.3) is 0 Å². The number of ketones is 1. The van der Waals surface area contributed by atoms with Crippen molar-refractivity contribution in [2.24, 2.45) is 0 Å². The molecule has 0 spiro atoms. The first-order chi connectivity index (χ1) is 7.06. The molecule has 2 N–H and O–H groups in total. The van der Waals surface area contributed by atoms with Crippen LogP contribution in [0.1, 0.15) is 23.7 Å². The second kappa shape index (κ2) is 4.94. The Balaban J connectivity index is 2.88. The largest absolute Gasteiger partial charge is 0.399 e. The number of nitrogen functional groups attached to an aromatic ring is 1. The standard InChI is InChI=1S/C12H18N2O/c1-4-11(14(2)3)12(15)9-5-7-10(13)8-6-9/h5-8,11H,4,13H2,1-3H3. The SMILES string of the molecule is CCC(C(=O)c1ccc(N)cc1)N(C)C. The molecule has 0 aliphatic rings. The maximum Gasteiger partial charge on any atom is 0.179 e. The van der Waals surface area contributed by atoms with Crippen molar-refractivity contribution in [3.05, 3.63) is 29.8 Å². The number of carbonyl (C=O) groups excluding carboxylic acids is 1. The molecule has 0 bridgehead atoms. The predicted molar refractivity (Wildman–Crippen MR) is 63.0 cm³/mol. The van der Waals surface area contributed by atoms with E-state index in [9.17, 15) is 4.79 Å². The van der Waals surface area contributed by atoms with Gasteiger partial charge in [-0.15, -0.1) is 0 Å². The molecule has 15 heavy (non-hydrogen) atoms. The third-order valence-electron chi connectivity index (χ3n) is 2.51. The number of rotatable bonds is 4. The van der Waals surface area contributed by atoms with Crippen LogP contribution >= 0.6 is 0 Å². The van der Waals surface area contributed by atoms with Crippen molar-refractivity contribution in [1.29, 1.82) is 0 Å². The smallest absolute Gasteiger partial charge is 0.179 e. The lowest BCUT2D eigenvalue weighted by atomic mass is 10.0. The average Bonchev–Trinajstić information content (AvgIpc) is 2.19. The fourth-order valence-electron chi connectivity index (χ4n) is 1.62. The van der Waals surface area contributed by atoms with Crippen LogP contribution in [0.25, 0.3) is 0 Å². The van der Waals surface area contributed by atoms with E-state index in [4.69, 9.17) is 5.73 Å². The minimum Gasteiger partial charge on any atom is -0.399 e. The fraction of sp³-hybridized carbons (Fsp3) is 0.417. The molecular formula is C12H18N2O. The van der Waals surface area contributed by atoms with Gasteiger partial charge in [-0.1, -0.05) is 6.92 Å². The van der Waals surface area contributed by atoms with E-state index in [1.54, 1.807) is 24.3 Å². The van der Waals surface area contributed by atoms with Gasteiger partial charge in [-0.05, 0) is 44.8 Å². The molecule has 0 aliphatic carbocycles. The maximum atomic E-state index is 12.0. The van der Waals surface area contributed by atoms with Gasteiger partial charge in [0.1, 0.15) is 0 Å². The highest BCUT2D eigenvalue weighted by Gasteiger charge is 2.19. The lowest BCUT2D eigenvalue weighted by molar-refractivity contribution is 0.0871. The number of carbonyl (C=O) groups is 1. The summed E-state index contributed by atoms with van der Waals surface area (Å²) in [4.78, 5) is 14.0. The molecule has 82 valence electrons. The minimum absolute atomic E-state index is 0.0476. The van der Waals surface area contributed by atoms with E-state index in [1.807, 2.05) is 25.9 Å². The van der Waals surface area contributed by atoms with Crippen LogP contribution in [0.5, 0.6) is 0 Å². The van der Waals surface area contributed by atoms with Gasteiger partial charge in [0.15, 0.2) is 5.78 Å². The van der Waals surface area contributed by atoms with Crippen LogP contribution in [0.2, 0.25) is 0 Å². The van der Waals surface area contributed by atoms with Crippen LogP contribution in [0.4, 0.5) is 5.69 Å². The van der Waals surface area contributed by atoms with E-state index >= 15 is 0 Å². The highest BCUT2D eigenvalue weighted by Crippen LogP contribution is 2.12. The number of Topliss-reactive ketones (excluding diaryl/α,β-unsaturated/α-hetero) is 1. The molecule has 1 aromatic carbocycles. The van der Waals surface area contributed by atoms with E-state index in [1.165, 1.54) is 0 Å². The lowest BCUT2D eigenvalue weighted by Gasteiger charge is -2.21. The quantitative estimate of drug-likeness (QED) is 0.603. The molecule has 0 aromatic heterocycles. The number of hydrogen-bond acceptors (Lipinski definition) is 3. The van der Waals surface area contributed by atoms with Crippen LogP contribution in [-0.2, 0) is 0 Å². The summed E-state index contributed by atoms with van der Waals surface area (Å²) in [6.07, 6.45) is 0.816. The van der Waals surface area contributed by atoms with E-state index < -0.39 is 0 Å². The second-order valence-corrected chi connectivity index (χ2v) is 3.87. The average molecular weight is 206 g/mol. The summed E-state index contributed by atoms with van der Waals surface area (Å²) in [7, 11) is 3.84.